The molecule has 0 spiro atoms. The maximum Gasteiger partial charge on any atom is 0.0963 e. The first-order valence-electron chi connectivity index (χ1n) is 13.2. The second-order valence-electron chi connectivity index (χ2n) is 11.7. The van der Waals surface area contributed by atoms with Gasteiger partial charge in [-0.25, -0.2) is 0 Å². The first-order chi connectivity index (χ1) is 17.9. The highest BCUT2D eigenvalue weighted by Crippen LogP contribution is 2.53. The van der Waals surface area contributed by atoms with Gasteiger partial charge < -0.3 is 4.57 Å². The molecule has 0 atom stereocenters. The van der Waals surface area contributed by atoms with Crippen LogP contribution in [-0.2, 0) is 10.8 Å². The summed E-state index contributed by atoms with van der Waals surface area (Å²) in [5.74, 6) is 0. The molecule has 0 radical (unpaired) electrons. The lowest BCUT2D eigenvalue weighted by molar-refractivity contribution is 0.659. The van der Waals surface area contributed by atoms with Gasteiger partial charge in [-0.05, 0) is 74.8 Å². The molecular formula is C35H28N2. The van der Waals surface area contributed by atoms with Crippen LogP contribution in [0.2, 0.25) is 0 Å². The summed E-state index contributed by atoms with van der Waals surface area (Å²) in [5.41, 5.74) is 15.5. The number of aromatic nitrogens is 2. The van der Waals surface area contributed by atoms with Crippen LogP contribution in [0.15, 0.2) is 97.2 Å². The average molecular weight is 477 g/mol. The lowest BCUT2D eigenvalue weighted by Gasteiger charge is -2.24. The van der Waals surface area contributed by atoms with Crippen LogP contribution in [-0.4, -0.2) is 9.55 Å². The molecule has 0 aliphatic heterocycles. The Labute approximate surface area is 217 Å². The second-order valence-corrected chi connectivity index (χ2v) is 11.7. The molecule has 2 heteroatoms. The zero-order valence-electron chi connectivity index (χ0n) is 21.6. The van der Waals surface area contributed by atoms with Gasteiger partial charge in [-0.1, -0.05) is 88.4 Å². The van der Waals surface area contributed by atoms with Crippen molar-refractivity contribution >= 4 is 21.9 Å². The predicted octanol–water partition coefficient (Wildman–Crippen LogP) is 8.79. The summed E-state index contributed by atoms with van der Waals surface area (Å²) in [4.78, 5) is 4.89. The van der Waals surface area contributed by atoms with E-state index in [1.54, 1.807) is 0 Å². The number of benzene rings is 4. The van der Waals surface area contributed by atoms with Crippen molar-refractivity contribution in [2.45, 2.75) is 38.5 Å². The van der Waals surface area contributed by atoms with Crippen molar-refractivity contribution in [3.63, 3.8) is 0 Å². The topological polar surface area (TPSA) is 17.8 Å². The number of nitrogens with zero attached hydrogens (tertiary/aromatic N) is 2. The van der Waals surface area contributed by atoms with Crippen LogP contribution in [0.3, 0.4) is 0 Å². The fraction of sp³-hybridized carbons (Fsp3) is 0.171. The highest BCUT2D eigenvalue weighted by Gasteiger charge is 2.39. The summed E-state index contributed by atoms with van der Waals surface area (Å²) in [5, 5.41) is 1.22. The van der Waals surface area contributed by atoms with E-state index in [2.05, 4.69) is 123 Å². The molecule has 0 bridgehead atoms. The van der Waals surface area contributed by atoms with Gasteiger partial charge in [0.15, 0.2) is 0 Å². The number of rotatable bonds is 1. The summed E-state index contributed by atoms with van der Waals surface area (Å²) in [7, 11) is 0. The zero-order chi connectivity index (χ0) is 25.1. The zero-order valence-corrected chi connectivity index (χ0v) is 21.6. The van der Waals surface area contributed by atoms with E-state index < -0.39 is 0 Å². The van der Waals surface area contributed by atoms with Crippen molar-refractivity contribution < 1.29 is 0 Å². The first kappa shape index (κ1) is 21.0. The highest BCUT2D eigenvalue weighted by atomic mass is 15.0. The number of fused-ring (bicyclic) bond motifs is 10. The molecule has 0 saturated heterocycles. The van der Waals surface area contributed by atoms with Gasteiger partial charge in [-0.2, -0.15) is 0 Å². The van der Waals surface area contributed by atoms with Crippen molar-refractivity contribution in [2.24, 2.45) is 0 Å². The molecule has 0 amide bonds. The maximum absolute atomic E-state index is 4.89. The molecule has 2 aromatic heterocycles. The second kappa shape index (κ2) is 6.77. The minimum absolute atomic E-state index is 0.0452. The van der Waals surface area contributed by atoms with Crippen molar-refractivity contribution in [1.82, 2.24) is 9.55 Å². The number of hydrogen-bond acceptors (Lipinski definition) is 1. The van der Waals surface area contributed by atoms with Crippen molar-refractivity contribution in [2.75, 3.05) is 0 Å². The van der Waals surface area contributed by atoms with Crippen molar-refractivity contribution in [3.05, 3.63) is 119 Å². The third-order valence-electron chi connectivity index (χ3n) is 9.02. The minimum Gasteiger partial charge on any atom is -0.307 e. The smallest absolute Gasteiger partial charge is 0.0963 e. The van der Waals surface area contributed by atoms with E-state index in [4.69, 9.17) is 4.98 Å². The fourth-order valence-corrected chi connectivity index (χ4v) is 7.27. The normalized spacial score (nSPS) is 16.0. The predicted molar refractivity (Wildman–Crippen MR) is 154 cm³/mol. The Balaban J connectivity index is 1.49. The summed E-state index contributed by atoms with van der Waals surface area (Å²) in [6.45, 7) is 9.45. The summed E-state index contributed by atoms with van der Waals surface area (Å²) in [6, 6.07) is 33.7. The quantitative estimate of drug-likeness (QED) is 0.232. The first-order valence-corrected chi connectivity index (χ1v) is 13.2. The van der Waals surface area contributed by atoms with Crippen LogP contribution in [0, 0.1) is 0 Å². The van der Waals surface area contributed by atoms with Gasteiger partial charge in [0.2, 0.25) is 0 Å². The van der Waals surface area contributed by atoms with E-state index in [1.165, 1.54) is 61.1 Å². The molecule has 0 saturated carbocycles. The Morgan fingerprint density at radius 1 is 0.595 bits per heavy atom. The Morgan fingerprint density at radius 3 is 2.03 bits per heavy atom. The van der Waals surface area contributed by atoms with Gasteiger partial charge in [0, 0.05) is 28.1 Å². The molecule has 0 N–H and O–H groups in total. The molecule has 2 aliphatic carbocycles. The largest absolute Gasteiger partial charge is 0.307 e. The van der Waals surface area contributed by atoms with Crippen LogP contribution in [0.25, 0.3) is 49.9 Å². The molecule has 37 heavy (non-hydrogen) atoms. The van der Waals surface area contributed by atoms with E-state index in [-0.39, 0.29) is 10.8 Å². The molecule has 178 valence electrons. The van der Waals surface area contributed by atoms with Crippen molar-refractivity contribution in [3.8, 4) is 27.9 Å². The van der Waals surface area contributed by atoms with Gasteiger partial charge >= 0.3 is 0 Å². The van der Waals surface area contributed by atoms with E-state index >= 15 is 0 Å². The Hall–Kier alpha value is -4.17. The summed E-state index contributed by atoms with van der Waals surface area (Å²) >= 11 is 0. The standard InChI is InChI=1S/C35H28N2/c1-34(2)27-12-7-5-10-22(27)24-16-15-21(20-29(24)34)37-30-14-9-19-36-32(30)26-18-17-25-23-11-6-8-13-28(23)35(3,4)31(25)33(26)37/h5-20H,1-4H3. The molecule has 6 aromatic rings. The van der Waals surface area contributed by atoms with E-state index in [0.29, 0.717) is 0 Å². The van der Waals surface area contributed by atoms with E-state index in [1.807, 2.05) is 6.20 Å². The molecule has 2 heterocycles. The van der Waals surface area contributed by atoms with Crippen LogP contribution in [0.4, 0.5) is 0 Å². The highest BCUT2D eigenvalue weighted by molar-refractivity contribution is 6.11. The lowest BCUT2D eigenvalue weighted by atomic mass is 9.81. The van der Waals surface area contributed by atoms with Gasteiger partial charge in [-0.3, -0.25) is 4.98 Å². The maximum atomic E-state index is 4.89. The van der Waals surface area contributed by atoms with Crippen LogP contribution in [0.1, 0.15) is 49.9 Å². The fourth-order valence-electron chi connectivity index (χ4n) is 7.27. The van der Waals surface area contributed by atoms with Gasteiger partial charge in [0.25, 0.3) is 0 Å². The third-order valence-corrected chi connectivity index (χ3v) is 9.02. The van der Waals surface area contributed by atoms with Crippen molar-refractivity contribution in [1.29, 1.82) is 0 Å². The molecule has 0 unspecified atom stereocenters. The monoisotopic (exact) mass is 476 g/mol. The number of pyridine rings is 1. The molecule has 4 aromatic carbocycles. The average Bonchev–Trinajstić information content (AvgIpc) is 3.46. The molecular weight excluding hydrogens is 448 g/mol. The number of hydrogen-bond donors (Lipinski definition) is 0. The van der Waals surface area contributed by atoms with E-state index in [9.17, 15) is 0 Å². The molecule has 0 fully saturated rings. The molecule has 8 rings (SSSR count). The third kappa shape index (κ3) is 2.48. The van der Waals surface area contributed by atoms with Gasteiger partial charge in [0.05, 0.1) is 16.6 Å². The van der Waals surface area contributed by atoms with Crippen LogP contribution in [0.5, 0.6) is 0 Å². The van der Waals surface area contributed by atoms with Gasteiger partial charge in [0.1, 0.15) is 0 Å². The summed E-state index contributed by atoms with van der Waals surface area (Å²) in [6.07, 6.45) is 1.92. The Kier molecular flexibility index (Phi) is 3.84. The lowest BCUT2D eigenvalue weighted by Crippen LogP contribution is -2.17. The minimum atomic E-state index is -0.107. The van der Waals surface area contributed by atoms with Crippen LogP contribution >= 0.6 is 0 Å². The molecule has 2 nitrogen and oxygen atoms in total. The van der Waals surface area contributed by atoms with E-state index in [0.717, 1.165) is 11.0 Å². The SMILES string of the molecule is CC1(C)c2ccccc2-c2ccc(-n3c4cccnc4c4ccc5c(c43)C(C)(C)c3ccccc3-5)cc21. The summed E-state index contributed by atoms with van der Waals surface area (Å²) < 4.78 is 2.48. The van der Waals surface area contributed by atoms with Crippen LogP contribution < -0.4 is 0 Å². The Bertz CT molecular complexity index is 1930. The Morgan fingerprint density at radius 2 is 1.24 bits per heavy atom. The molecule has 2 aliphatic rings. The van der Waals surface area contributed by atoms with Gasteiger partial charge in [-0.15, -0.1) is 0 Å².